The summed E-state index contributed by atoms with van der Waals surface area (Å²) in [7, 11) is 0.914. The molecule has 0 saturated carbocycles. The minimum absolute atomic E-state index is 0.212. The average Bonchev–Trinajstić information content (AvgIpc) is 2.28. The van der Waals surface area contributed by atoms with E-state index >= 15 is 0 Å². The Hall–Kier alpha value is -1.93. The molecule has 0 aromatic heterocycles. The van der Waals surface area contributed by atoms with E-state index in [-0.39, 0.29) is 12.1 Å². The molecule has 9 heteroatoms. The van der Waals surface area contributed by atoms with Gasteiger partial charge in [-0.05, 0) is 12.1 Å². The van der Waals surface area contributed by atoms with Crippen molar-refractivity contribution in [2.75, 3.05) is 7.11 Å². The summed E-state index contributed by atoms with van der Waals surface area (Å²) in [5.74, 6) is -2.50. The number of ether oxygens (including phenoxy) is 1. The van der Waals surface area contributed by atoms with Gasteiger partial charge in [0.2, 0.25) is 0 Å². The first kappa shape index (κ1) is 16.1. The molecule has 0 amide bonds. The van der Waals surface area contributed by atoms with Crippen LogP contribution in [0.25, 0.3) is 0 Å². The highest BCUT2D eigenvalue weighted by Gasteiger charge is 2.40. The molecule has 1 rings (SSSR count). The topological polar surface area (TPSA) is 46.5 Å². The van der Waals surface area contributed by atoms with Crippen molar-refractivity contribution in [2.24, 2.45) is 0 Å². The Balaban J connectivity index is 3.47. The van der Waals surface area contributed by atoms with Gasteiger partial charge in [0, 0.05) is 5.56 Å². The fourth-order valence-corrected chi connectivity index (χ4v) is 1.44. The first-order valence-electron chi connectivity index (χ1n) is 5.04. The molecule has 0 aliphatic heterocycles. The molecule has 1 aromatic rings. The highest BCUT2D eigenvalue weighted by atomic mass is 19.4. The number of methoxy groups -OCH3 is 1. The van der Waals surface area contributed by atoms with Gasteiger partial charge < -0.3 is 9.84 Å². The second kappa shape index (κ2) is 5.22. The zero-order chi connectivity index (χ0) is 15.7. The molecule has 1 N–H and O–H groups in total. The summed E-state index contributed by atoms with van der Waals surface area (Å²) >= 11 is 0. The lowest BCUT2D eigenvalue weighted by molar-refractivity contribution is -0.145. The number of alkyl halides is 6. The van der Waals surface area contributed by atoms with Crippen molar-refractivity contribution in [1.29, 1.82) is 0 Å². The number of aromatic hydroxyl groups is 1. The van der Waals surface area contributed by atoms with Gasteiger partial charge in [-0.1, -0.05) is 0 Å². The standard InChI is InChI=1S/C11H8F6O3/c1-20-8(18)3-5-2-6(10(12,13)14)4-7(9(5)19)11(15,16)17/h2,4,19H,3H2,1H3. The van der Waals surface area contributed by atoms with Crippen LogP contribution >= 0.6 is 0 Å². The van der Waals surface area contributed by atoms with E-state index in [1.54, 1.807) is 0 Å². The highest BCUT2D eigenvalue weighted by Crippen LogP contribution is 2.42. The average molecular weight is 302 g/mol. The third-order valence-corrected chi connectivity index (χ3v) is 2.38. The number of carbonyl (C=O) groups excluding carboxylic acids is 1. The lowest BCUT2D eigenvalue weighted by Crippen LogP contribution is -2.14. The fourth-order valence-electron chi connectivity index (χ4n) is 1.44. The molecule has 20 heavy (non-hydrogen) atoms. The first-order valence-corrected chi connectivity index (χ1v) is 5.04. The van der Waals surface area contributed by atoms with Crippen molar-refractivity contribution in [3.05, 3.63) is 28.8 Å². The minimum Gasteiger partial charge on any atom is -0.507 e. The molecule has 0 unspecified atom stereocenters. The fraction of sp³-hybridized carbons (Fsp3) is 0.364. The SMILES string of the molecule is COC(=O)Cc1cc(C(F)(F)F)cc(C(F)(F)F)c1O. The smallest absolute Gasteiger partial charge is 0.419 e. The number of carbonyl (C=O) groups is 1. The van der Waals surface area contributed by atoms with Gasteiger partial charge in [0.05, 0.1) is 24.7 Å². The largest absolute Gasteiger partial charge is 0.507 e. The number of phenolic OH excluding ortho intramolecular Hbond substituents is 1. The van der Waals surface area contributed by atoms with Crippen LogP contribution in [0.5, 0.6) is 5.75 Å². The van der Waals surface area contributed by atoms with E-state index < -0.39 is 47.2 Å². The van der Waals surface area contributed by atoms with Crippen LogP contribution < -0.4 is 0 Å². The van der Waals surface area contributed by atoms with Crippen LogP contribution in [0.1, 0.15) is 16.7 Å². The van der Waals surface area contributed by atoms with Gasteiger partial charge >= 0.3 is 18.3 Å². The maximum atomic E-state index is 12.6. The van der Waals surface area contributed by atoms with E-state index in [0.717, 1.165) is 7.11 Å². The summed E-state index contributed by atoms with van der Waals surface area (Å²) in [5, 5.41) is 9.36. The number of phenols is 1. The van der Waals surface area contributed by atoms with Crippen LogP contribution in [-0.2, 0) is 28.3 Å². The van der Waals surface area contributed by atoms with E-state index in [4.69, 9.17) is 0 Å². The lowest BCUT2D eigenvalue weighted by Gasteiger charge is -2.16. The molecule has 1 aromatic carbocycles. The summed E-state index contributed by atoms with van der Waals surface area (Å²) in [5.41, 5.74) is -4.27. The Labute approximate surface area is 108 Å². The lowest BCUT2D eigenvalue weighted by atomic mass is 10.0. The van der Waals surface area contributed by atoms with Crippen molar-refractivity contribution >= 4 is 5.97 Å². The third kappa shape index (κ3) is 3.55. The molecule has 0 fully saturated rings. The Morgan fingerprint density at radius 2 is 1.70 bits per heavy atom. The molecule has 0 heterocycles. The Morgan fingerprint density at radius 3 is 2.10 bits per heavy atom. The van der Waals surface area contributed by atoms with E-state index in [1.807, 2.05) is 0 Å². The van der Waals surface area contributed by atoms with Crippen molar-refractivity contribution in [3.63, 3.8) is 0 Å². The summed E-state index contributed by atoms with van der Waals surface area (Å²) in [6.07, 6.45) is -11.1. The van der Waals surface area contributed by atoms with Gasteiger partial charge in [-0.3, -0.25) is 4.79 Å². The molecule has 0 atom stereocenters. The number of esters is 1. The van der Waals surface area contributed by atoms with Crippen LogP contribution in [0.4, 0.5) is 26.3 Å². The monoisotopic (exact) mass is 302 g/mol. The van der Waals surface area contributed by atoms with Crippen LogP contribution in [-0.4, -0.2) is 18.2 Å². The zero-order valence-corrected chi connectivity index (χ0v) is 9.89. The van der Waals surface area contributed by atoms with Crippen LogP contribution in [0.2, 0.25) is 0 Å². The first-order chi connectivity index (χ1) is 8.96. The van der Waals surface area contributed by atoms with E-state index in [0.29, 0.717) is 0 Å². The van der Waals surface area contributed by atoms with Gasteiger partial charge in [0.25, 0.3) is 0 Å². The van der Waals surface area contributed by atoms with Gasteiger partial charge in [-0.25, -0.2) is 0 Å². The second-order valence-corrected chi connectivity index (χ2v) is 3.78. The van der Waals surface area contributed by atoms with Crippen molar-refractivity contribution in [2.45, 2.75) is 18.8 Å². The Morgan fingerprint density at radius 1 is 1.15 bits per heavy atom. The van der Waals surface area contributed by atoms with Crippen molar-refractivity contribution in [1.82, 2.24) is 0 Å². The second-order valence-electron chi connectivity index (χ2n) is 3.78. The van der Waals surface area contributed by atoms with Gasteiger partial charge in [-0.2, -0.15) is 26.3 Å². The molecule has 0 radical (unpaired) electrons. The van der Waals surface area contributed by atoms with Crippen LogP contribution in [0, 0.1) is 0 Å². The maximum absolute atomic E-state index is 12.6. The third-order valence-electron chi connectivity index (χ3n) is 2.38. The summed E-state index contributed by atoms with van der Waals surface area (Å²) in [6.45, 7) is 0. The number of hydrogen-bond donors (Lipinski definition) is 1. The number of hydrogen-bond acceptors (Lipinski definition) is 3. The quantitative estimate of drug-likeness (QED) is 0.674. The summed E-state index contributed by atoms with van der Waals surface area (Å²) in [4.78, 5) is 11.0. The van der Waals surface area contributed by atoms with Gasteiger partial charge in [-0.15, -0.1) is 0 Å². The van der Waals surface area contributed by atoms with Gasteiger partial charge in [0.15, 0.2) is 0 Å². The minimum atomic E-state index is -5.18. The molecule has 0 bridgehead atoms. The van der Waals surface area contributed by atoms with Crippen molar-refractivity contribution < 1.29 is 41.0 Å². The number of benzene rings is 1. The summed E-state index contributed by atoms with van der Waals surface area (Å²) < 4.78 is 79.4. The van der Waals surface area contributed by atoms with Crippen LogP contribution in [0.3, 0.4) is 0 Å². The molecule has 0 aliphatic carbocycles. The molecule has 0 saturated heterocycles. The zero-order valence-electron chi connectivity index (χ0n) is 9.89. The number of rotatable bonds is 2. The Bertz CT molecular complexity index is 518. The van der Waals surface area contributed by atoms with E-state index in [1.165, 1.54) is 0 Å². The Kier molecular flexibility index (Phi) is 4.21. The molecular weight excluding hydrogens is 294 g/mol. The van der Waals surface area contributed by atoms with E-state index in [9.17, 15) is 36.2 Å². The van der Waals surface area contributed by atoms with Crippen LogP contribution in [0.15, 0.2) is 12.1 Å². The molecule has 0 spiro atoms. The van der Waals surface area contributed by atoms with Gasteiger partial charge in [0.1, 0.15) is 5.75 Å². The normalized spacial score (nSPS) is 12.3. The predicted molar refractivity (Wildman–Crippen MR) is 53.8 cm³/mol. The highest BCUT2D eigenvalue weighted by molar-refractivity contribution is 5.74. The summed E-state index contributed by atoms with van der Waals surface area (Å²) in [6, 6.07) is 0.0671. The molecule has 0 aliphatic rings. The number of halogens is 6. The molecule has 3 nitrogen and oxygen atoms in total. The molecular formula is C11H8F6O3. The van der Waals surface area contributed by atoms with Crippen molar-refractivity contribution in [3.8, 4) is 5.75 Å². The maximum Gasteiger partial charge on any atom is 0.419 e. The van der Waals surface area contributed by atoms with E-state index in [2.05, 4.69) is 4.74 Å². The predicted octanol–water partition coefficient (Wildman–Crippen LogP) is 3.15. The molecule has 112 valence electrons.